The first-order valence-electron chi connectivity index (χ1n) is 9.28. The normalized spacial score (nSPS) is 21.0. The van der Waals surface area contributed by atoms with E-state index in [0.29, 0.717) is 19.5 Å². The van der Waals surface area contributed by atoms with Gasteiger partial charge in [-0.15, -0.1) is 0 Å². The Kier molecular flexibility index (Phi) is 5.42. The van der Waals surface area contributed by atoms with E-state index in [4.69, 9.17) is 0 Å². The molecule has 2 aliphatic heterocycles. The molecule has 2 saturated heterocycles. The van der Waals surface area contributed by atoms with Gasteiger partial charge in [0.1, 0.15) is 6.10 Å². The molecule has 5 heteroatoms. The van der Waals surface area contributed by atoms with Gasteiger partial charge in [0.15, 0.2) is 0 Å². The SMILES string of the molecule is C[C@H](O)C(=O)N1CCC2(CC1)CC(=O)N(CCCc1ccccc1)C2. The molecule has 0 bridgehead atoms. The van der Waals surface area contributed by atoms with Gasteiger partial charge in [-0.05, 0) is 38.2 Å². The summed E-state index contributed by atoms with van der Waals surface area (Å²) in [5.74, 6) is 0.0576. The molecule has 1 atom stereocenters. The number of aliphatic hydroxyl groups excluding tert-OH is 1. The van der Waals surface area contributed by atoms with Gasteiger partial charge in [-0.2, -0.15) is 0 Å². The van der Waals surface area contributed by atoms with E-state index in [2.05, 4.69) is 12.1 Å². The predicted molar refractivity (Wildman–Crippen MR) is 95.9 cm³/mol. The van der Waals surface area contributed by atoms with Crippen molar-refractivity contribution in [2.45, 2.75) is 45.1 Å². The Hall–Kier alpha value is -1.88. The molecule has 1 N–H and O–H groups in total. The van der Waals surface area contributed by atoms with Gasteiger partial charge in [0.05, 0.1) is 0 Å². The summed E-state index contributed by atoms with van der Waals surface area (Å²) in [5, 5.41) is 9.45. The topological polar surface area (TPSA) is 60.9 Å². The van der Waals surface area contributed by atoms with E-state index < -0.39 is 6.10 Å². The summed E-state index contributed by atoms with van der Waals surface area (Å²) in [6.45, 7) is 4.44. The van der Waals surface area contributed by atoms with E-state index in [0.717, 1.165) is 38.8 Å². The fourth-order valence-electron chi connectivity index (χ4n) is 4.10. The number of hydrogen-bond acceptors (Lipinski definition) is 3. The van der Waals surface area contributed by atoms with E-state index in [-0.39, 0.29) is 17.2 Å². The van der Waals surface area contributed by atoms with Gasteiger partial charge in [0.2, 0.25) is 5.91 Å². The Morgan fingerprint density at radius 3 is 2.56 bits per heavy atom. The van der Waals surface area contributed by atoms with E-state index in [1.807, 2.05) is 23.1 Å². The first-order chi connectivity index (χ1) is 12.0. The molecule has 1 spiro atoms. The van der Waals surface area contributed by atoms with Crippen LogP contribution in [0.2, 0.25) is 0 Å². The first-order valence-corrected chi connectivity index (χ1v) is 9.28. The molecule has 1 aromatic rings. The smallest absolute Gasteiger partial charge is 0.251 e. The first kappa shape index (κ1) is 17.9. The highest BCUT2D eigenvalue weighted by Gasteiger charge is 2.45. The van der Waals surface area contributed by atoms with Crippen LogP contribution in [0, 0.1) is 5.41 Å². The fourth-order valence-corrected chi connectivity index (χ4v) is 4.10. The maximum atomic E-state index is 12.4. The number of hydrogen-bond donors (Lipinski definition) is 1. The summed E-state index contributed by atoms with van der Waals surface area (Å²) < 4.78 is 0. The summed E-state index contributed by atoms with van der Waals surface area (Å²) in [6.07, 6.45) is 3.36. The maximum absolute atomic E-state index is 12.4. The molecule has 25 heavy (non-hydrogen) atoms. The number of rotatable bonds is 5. The van der Waals surface area contributed by atoms with Crippen molar-refractivity contribution in [3.05, 3.63) is 35.9 Å². The summed E-state index contributed by atoms with van der Waals surface area (Å²) in [5.41, 5.74) is 1.34. The molecule has 0 aromatic heterocycles. The molecule has 2 amide bonds. The average Bonchev–Trinajstić information content (AvgIpc) is 2.91. The molecule has 5 nitrogen and oxygen atoms in total. The number of aliphatic hydroxyl groups is 1. The fraction of sp³-hybridized carbons (Fsp3) is 0.600. The van der Waals surface area contributed by atoms with Crippen LogP contribution in [0.4, 0.5) is 0 Å². The molecule has 0 saturated carbocycles. The molecule has 0 aliphatic carbocycles. The number of likely N-dealkylation sites (tertiary alicyclic amines) is 2. The quantitative estimate of drug-likeness (QED) is 0.887. The van der Waals surface area contributed by atoms with E-state index in [1.165, 1.54) is 12.5 Å². The van der Waals surface area contributed by atoms with Crippen molar-refractivity contribution < 1.29 is 14.7 Å². The molecule has 0 unspecified atom stereocenters. The van der Waals surface area contributed by atoms with Crippen molar-refractivity contribution in [1.82, 2.24) is 9.80 Å². The van der Waals surface area contributed by atoms with Crippen LogP contribution >= 0.6 is 0 Å². The molecule has 2 fully saturated rings. The van der Waals surface area contributed by atoms with Crippen molar-refractivity contribution in [2.24, 2.45) is 5.41 Å². The number of nitrogens with zero attached hydrogens (tertiary/aromatic N) is 2. The zero-order valence-corrected chi connectivity index (χ0v) is 15.0. The zero-order valence-electron chi connectivity index (χ0n) is 15.0. The molecular formula is C20H28N2O3. The van der Waals surface area contributed by atoms with Gasteiger partial charge in [-0.25, -0.2) is 0 Å². The minimum absolute atomic E-state index is 0.0271. The van der Waals surface area contributed by atoms with Crippen molar-refractivity contribution in [1.29, 1.82) is 0 Å². The van der Waals surface area contributed by atoms with E-state index in [9.17, 15) is 14.7 Å². The van der Waals surface area contributed by atoms with Crippen LogP contribution in [-0.2, 0) is 16.0 Å². The van der Waals surface area contributed by atoms with Crippen LogP contribution in [0.1, 0.15) is 38.2 Å². The molecule has 136 valence electrons. The Morgan fingerprint density at radius 1 is 1.24 bits per heavy atom. The molecular weight excluding hydrogens is 316 g/mol. The van der Waals surface area contributed by atoms with Crippen molar-refractivity contribution >= 4 is 11.8 Å². The van der Waals surface area contributed by atoms with Crippen molar-refractivity contribution in [3.8, 4) is 0 Å². The van der Waals surface area contributed by atoms with Crippen LogP contribution in [0.3, 0.4) is 0 Å². The monoisotopic (exact) mass is 344 g/mol. The Labute approximate surface area is 149 Å². The van der Waals surface area contributed by atoms with E-state index >= 15 is 0 Å². The Bertz CT molecular complexity index is 607. The van der Waals surface area contributed by atoms with Gasteiger partial charge in [0.25, 0.3) is 5.91 Å². The van der Waals surface area contributed by atoms with Gasteiger partial charge in [-0.3, -0.25) is 9.59 Å². The highest BCUT2D eigenvalue weighted by molar-refractivity contribution is 5.81. The van der Waals surface area contributed by atoms with Gasteiger partial charge >= 0.3 is 0 Å². The predicted octanol–water partition coefficient (Wildman–Crippen LogP) is 1.84. The van der Waals surface area contributed by atoms with Crippen molar-refractivity contribution in [2.75, 3.05) is 26.2 Å². The molecule has 2 heterocycles. The van der Waals surface area contributed by atoms with Crippen LogP contribution < -0.4 is 0 Å². The zero-order chi connectivity index (χ0) is 17.9. The summed E-state index contributed by atoms with van der Waals surface area (Å²) in [7, 11) is 0. The number of aryl methyl sites for hydroxylation is 1. The lowest BCUT2D eigenvalue weighted by Crippen LogP contribution is -2.47. The van der Waals surface area contributed by atoms with Crippen LogP contribution in [-0.4, -0.2) is 59.0 Å². The number of benzene rings is 1. The third-order valence-electron chi connectivity index (χ3n) is 5.63. The van der Waals surface area contributed by atoms with Crippen LogP contribution in [0.15, 0.2) is 30.3 Å². The van der Waals surface area contributed by atoms with Gasteiger partial charge in [-0.1, -0.05) is 30.3 Å². The van der Waals surface area contributed by atoms with Gasteiger partial charge in [0, 0.05) is 38.0 Å². The number of carbonyl (C=O) groups excluding carboxylic acids is 2. The highest BCUT2D eigenvalue weighted by Crippen LogP contribution is 2.41. The Balaban J connectivity index is 1.48. The minimum Gasteiger partial charge on any atom is -0.384 e. The Morgan fingerprint density at radius 2 is 1.92 bits per heavy atom. The second-order valence-corrected chi connectivity index (χ2v) is 7.58. The lowest BCUT2D eigenvalue weighted by Gasteiger charge is -2.39. The number of piperidine rings is 1. The minimum atomic E-state index is -0.936. The van der Waals surface area contributed by atoms with Gasteiger partial charge < -0.3 is 14.9 Å². The van der Waals surface area contributed by atoms with Crippen LogP contribution in [0.5, 0.6) is 0 Å². The molecule has 0 radical (unpaired) electrons. The average molecular weight is 344 g/mol. The van der Waals surface area contributed by atoms with Crippen LogP contribution in [0.25, 0.3) is 0 Å². The number of carbonyl (C=O) groups is 2. The lowest BCUT2D eigenvalue weighted by atomic mass is 9.77. The summed E-state index contributed by atoms with van der Waals surface area (Å²) >= 11 is 0. The lowest BCUT2D eigenvalue weighted by molar-refractivity contribution is -0.141. The third kappa shape index (κ3) is 4.21. The second kappa shape index (κ2) is 7.56. The molecule has 2 aliphatic rings. The van der Waals surface area contributed by atoms with E-state index in [1.54, 1.807) is 4.90 Å². The highest BCUT2D eigenvalue weighted by atomic mass is 16.3. The number of amides is 2. The molecule has 1 aromatic carbocycles. The third-order valence-corrected chi connectivity index (χ3v) is 5.63. The summed E-state index contributed by atoms with van der Waals surface area (Å²) in [4.78, 5) is 28.1. The summed E-state index contributed by atoms with van der Waals surface area (Å²) in [6, 6.07) is 10.4. The largest absolute Gasteiger partial charge is 0.384 e. The second-order valence-electron chi connectivity index (χ2n) is 7.58. The standard InChI is InChI=1S/C20H28N2O3/c1-16(23)19(25)21-12-9-20(10-13-21)14-18(24)22(15-20)11-5-8-17-6-3-2-4-7-17/h2-4,6-7,16,23H,5,8-15H2,1H3/t16-/m0/s1. The maximum Gasteiger partial charge on any atom is 0.251 e. The molecule has 3 rings (SSSR count). The van der Waals surface area contributed by atoms with Crippen molar-refractivity contribution in [3.63, 3.8) is 0 Å².